The van der Waals surface area contributed by atoms with Crippen molar-refractivity contribution in [2.24, 2.45) is 0 Å². The predicted octanol–water partition coefficient (Wildman–Crippen LogP) is 0.785. The van der Waals surface area contributed by atoms with Crippen molar-refractivity contribution in [3.63, 3.8) is 0 Å². The quantitative estimate of drug-likeness (QED) is 0.601. The van der Waals surface area contributed by atoms with Crippen LogP contribution in [-0.4, -0.2) is 34.7 Å². The first kappa shape index (κ1) is 16.4. The fraction of sp³-hybridized carbons (Fsp3) is 0.200. The zero-order valence-electron chi connectivity index (χ0n) is 10.5. The number of carbonyl (C=O) groups excluding carboxylic acids is 2. The van der Waals surface area contributed by atoms with Gasteiger partial charge in [0.1, 0.15) is 0 Å². The molecule has 2 N–H and O–H groups in total. The summed E-state index contributed by atoms with van der Waals surface area (Å²) in [6.07, 6.45) is -0.995. The van der Waals surface area contributed by atoms with Gasteiger partial charge in [-0.1, -0.05) is 15.9 Å². The Morgan fingerprint density at radius 2 is 1.85 bits per heavy atom. The van der Waals surface area contributed by atoms with Gasteiger partial charge in [0.25, 0.3) is 10.0 Å². The molecule has 1 amide bonds. The van der Waals surface area contributed by atoms with Gasteiger partial charge in [0.15, 0.2) is 0 Å². The van der Waals surface area contributed by atoms with Crippen LogP contribution in [0.5, 0.6) is 0 Å². The van der Waals surface area contributed by atoms with Gasteiger partial charge in [-0.15, -0.1) is 4.83 Å². The SMILES string of the molecule is COC(=O)NNS(=O)(=O)c1ccc(Br)cc1C(=O)OC. The van der Waals surface area contributed by atoms with Gasteiger partial charge in [0, 0.05) is 4.47 Å². The summed E-state index contributed by atoms with van der Waals surface area (Å²) in [7, 11) is -1.95. The molecule has 0 spiro atoms. The van der Waals surface area contributed by atoms with Gasteiger partial charge < -0.3 is 9.47 Å². The molecule has 0 heterocycles. The van der Waals surface area contributed by atoms with Crippen LogP contribution in [0.15, 0.2) is 27.6 Å². The summed E-state index contributed by atoms with van der Waals surface area (Å²) in [6.45, 7) is 0. The van der Waals surface area contributed by atoms with Crippen molar-refractivity contribution in [2.75, 3.05) is 14.2 Å². The lowest BCUT2D eigenvalue weighted by Gasteiger charge is -2.11. The summed E-state index contributed by atoms with van der Waals surface area (Å²) in [6, 6.07) is 3.91. The highest BCUT2D eigenvalue weighted by atomic mass is 79.9. The van der Waals surface area contributed by atoms with Crippen LogP contribution >= 0.6 is 15.9 Å². The summed E-state index contributed by atoms with van der Waals surface area (Å²) in [5.74, 6) is -0.829. The number of hydrazine groups is 1. The standard InChI is InChI=1S/C10H11BrN2O6S/c1-18-9(14)7-5-6(11)3-4-8(7)20(16,17)13-12-10(15)19-2/h3-5,13H,1-2H3,(H,12,15). The average molecular weight is 367 g/mol. The third kappa shape index (κ3) is 3.92. The van der Waals surface area contributed by atoms with Crippen LogP contribution in [0.2, 0.25) is 0 Å². The highest BCUT2D eigenvalue weighted by molar-refractivity contribution is 9.10. The Morgan fingerprint density at radius 3 is 2.40 bits per heavy atom. The van der Waals surface area contributed by atoms with E-state index in [1.165, 1.54) is 18.2 Å². The van der Waals surface area contributed by atoms with Gasteiger partial charge in [0.05, 0.1) is 24.7 Å². The fourth-order valence-corrected chi connectivity index (χ4v) is 2.59. The molecular weight excluding hydrogens is 356 g/mol. The number of benzene rings is 1. The lowest BCUT2D eigenvalue weighted by atomic mass is 10.2. The molecule has 0 aromatic heterocycles. The molecule has 0 bridgehead atoms. The number of sulfonamides is 1. The first-order chi connectivity index (χ1) is 9.31. The van der Waals surface area contributed by atoms with E-state index in [0.717, 1.165) is 14.2 Å². The maximum atomic E-state index is 12.0. The number of hydrogen-bond donors (Lipinski definition) is 2. The van der Waals surface area contributed by atoms with E-state index in [-0.39, 0.29) is 10.5 Å². The lowest BCUT2D eigenvalue weighted by Crippen LogP contribution is -2.41. The minimum atomic E-state index is -4.15. The summed E-state index contributed by atoms with van der Waals surface area (Å²) in [4.78, 5) is 23.9. The predicted molar refractivity (Wildman–Crippen MR) is 71.3 cm³/mol. The van der Waals surface area contributed by atoms with Crippen molar-refractivity contribution in [2.45, 2.75) is 4.90 Å². The number of carbonyl (C=O) groups is 2. The molecule has 0 aliphatic rings. The normalized spacial score (nSPS) is 10.8. The Morgan fingerprint density at radius 1 is 1.20 bits per heavy atom. The van der Waals surface area contributed by atoms with E-state index in [4.69, 9.17) is 0 Å². The molecule has 0 atom stereocenters. The summed E-state index contributed by atoms with van der Waals surface area (Å²) in [5.41, 5.74) is 1.63. The molecule has 0 unspecified atom stereocenters. The Hall–Kier alpha value is -1.65. The highest BCUT2D eigenvalue weighted by Gasteiger charge is 2.24. The second-order valence-corrected chi connectivity index (χ2v) is 5.92. The maximum Gasteiger partial charge on any atom is 0.422 e. The van der Waals surface area contributed by atoms with Crippen molar-refractivity contribution < 1.29 is 27.5 Å². The number of amides is 1. The smallest absolute Gasteiger partial charge is 0.422 e. The molecule has 0 saturated heterocycles. The van der Waals surface area contributed by atoms with Crippen LogP contribution in [0.3, 0.4) is 0 Å². The van der Waals surface area contributed by atoms with Crippen LogP contribution in [0.25, 0.3) is 0 Å². The second kappa shape index (κ2) is 6.68. The number of halogens is 1. The van der Waals surface area contributed by atoms with E-state index in [0.29, 0.717) is 4.47 Å². The maximum absolute atomic E-state index is 12.0. The van der Waals surface area contributed by atoms with Gasteiger partial charge in [-0.3, -0.25) is 0 Å². The van der Waals surface area contributed by atoms with Crippen molar-refractivity contribution in [1.29, 1.82) is 0 Å². The molecule has 1 aromatic rings. The zero-order chi connectivity index (χ0) is 15.3. The molecule has 1 aromatic carbocycles. The van der Waals surface area contributed by atoms with E-state index in [2.05, 4.69) is 25.4 Å². The van der Waals surface area contributed by atoms with E-state index in [1.54, 1.807) is 10.3 Å². The van der Waals surface area contributed by atoms with Crippen molar-refractivity contribution >= 4 is 38.0 Å². The van der Waals surface area contributed by atoms with Crippen molar-refractivity contribution in [3.05, 3.63) is 28.2 Å². The lowest BCUT2D eigenvalue weighted by molar-refractivity contribution is 0.0596. The summed E-state index contributed by atoms with van der Waals surface area (Å²) in [5, 5.41) is 0. The molecule has 20 heavy (non-hydrogen) atoms. The third-order valence-electron chi connectivity index (χ3n) is 2.11. The third-order valence-corrected chi connectivity index (χ3v) is 3.91. The number of esters is 1. The Kier molecular flexibility index (Phi) is 5.48. The Balaban J connectivity index is 3.17. The summed E-state index contributed by atoms with van der Waals surface area (Å²) < 4.78 is 33.2. The van der Waals surface area contributed by atoms with Gasteiger partial charge >= 0.3 is 12.1 Å². The molecule has 10 heteroatoms. The number of hydrogen-bond acceptors (Lipinski definition) is 6. The molecule has 1 rings (SSSR count). The van der Waals surface area contributed by atoms with Crippen LogP contribution in [-0.2, 0) is 19.5 Å². The van der Waals surface area contributed by atoms with Crippen LogP contribution in [0.4, 0.5) is 4.79 Å². The van der Waals surface area contributed by atoms with Crippen LogP contribution in [0.1, 0.15) is 10.4 Å². The van der Waals surface area contributed by atoms with Gasteiger partial charge in [-0.2, -0.15) is 0 Å². The highest BCUT2D eigenvalue weighted by Crippen LogP contribution is 2.21. The molecule has 0 aliphatic heterocycles. The second-order valence-electron chi connectivity index (χ2n) is 3.35. The first-order valence-corrected chi connectivity index (χ1v) is 7.33. The van der Waals surface area contributed by atoms with Crippen LogP contribution in [0, 0.1) is 0 Å². The van der Waals surface area contributed by atoms with Gasteiger partial charge in [0.2, 0.25) is 0 Å². The molecule has 0 aliphatic carbocycles. The number of ether oxygens (including phenoxy) is 2. The summed E-state index contributed by atoms with van der Waals surface area (Å²) >= 11 is 3.12. The van der Waals surface area contributed by atoms with Crippen molar-refractivity contribution in [1.82, 2.24) is 10.3 Å². The van der Waals surface area contributed by atoms with Gasteiger partial charge in [-0.05, 0) is 18.2 Å². The number of nitrogens with one attached hydrogen (secondary N) is 2. The largest absolute Gasteiger partial charge is 0.465 e. The molecule has 8 nitrogen and oxygen atoms in total. The fourth-order valence-electron chi connectivity index (χ4n) is 1.22. The zero-order valence-corrected chi connectivity index (χ0v) is 12.9. The minimum Gasteiger partial charge on any atom is -0.465 e. The molecule has 110 valence electrons. The Bertz CT molecular complexity index is 631. The number of methoxy groups -OCH3 is 2. The van der Waals surface area contributed by atoms with Gasteiger partial charge in [-0.25, -0.2) is 23.4 Å². The Labute approximate surface area is 123 Å². The van der Waals surface area contributed by atoms with Crippen LogP contribution < -0.4 is 10.3 Å². The van der Waals surface area contributed by atoms with E-state index in [1.807, 2.05) is 0 Å². The van der Waals surface area contributed by atoms with E-state index < -0.39 is 22.1 Å². The molecule has 0 saturated carbocycles. The molecule has 0 fully saturated rings. The monoisotopic (exact) mass is 366 g/mol. The number of rotatable bonds is 4. The van der Waals surface area contributed by atoms with E-state index in [9.17, 15) is 18.0 Å². The van der Waals surface area contributed by atoms with E-state index >= 15 is 0 Å². The first-order valence-electron chi connectivity index (χ1n) is 5.05. The minimum absolute atomic E-state index is 0.180. The average Bonchev–Trinajstić information content (AvgIpc) is 2.43. The molecule has 0 radical (unpaired) electrons. The van der Waals surface area contributed by atoms with Crippen molar-refractivity contribution in [3.8, 4) is 0 Å². The molecular formula is C10H11BrN2O6S. The topological polar surface area (TPSA) is 111 Å².